The summed E-state index contributed by atoms with van der Waals surface area (Å²) in [6, 6.07) is 5.23. The van der Waals surface area contributed by atoms with E-state index in [-0.39, 0.29) is 6.61 Å². The molecule has 1 N–H and O–H groups in total. The summed E-state index contributed by atoms with van der Waals surface area (Å²) in [4.78, 5) is 1.85. The van der Waals surface area contributed by atoms with Gasteiger partial charge in [0.1, 0.15) is 0 Å². The quantitative estimate of drug-likeness (QED) is 0.829. The Morgan fingerprint density at radius 1 is 1.26 bits per heavy atom. The maximum atomic E-state index is 12.6. The Hall–Kier alpha value is -1.11. The van der Waals surface area contributed by atoms with E-state index in [9.17, 15) is 13.2 Å². The molecule has 3 nitrogen and oxygen atoms in total. The van der Waals surface area contributed by atoms with Gasteiger partial charge >= 0.3 is 6.18 Å². The number of alkyl halides is 3. The zero-order chi connectivity index (χ0) is 14.3. The van der Waals surface area contributed by atoms with Crippen molar-refractivity contribution in [2.45, 2.75) is 12.7 Å². The molecule has 0 heterocycles. The van der Waals surface area contributed by atoms with Gasteiger partial charge < -0.3 is 9.84 Å². The van der Waals surface area contributed by atoms with E-state index in [2.05, 4.69) is 0 Å². The first-order valence-electron chi connectivity index (χ1n) is 5.95. The smallest absolute Gasteiger partial charge is 0.395 e. The first kappa shape index (κ1) is 15.9. The van der Waals surface area contributed by atoms with Crippen molar-refractivity contribution in [1.29, 1.82) is 0 Å². The SMILES string of the molecule is COCCN(CCO)Cc1cccc(C(F)(F)F)c1. The van der Waals surface area contributed by atoms with Gasteiger partial charge in [-0.15, -0.1) is 0 Å². The topological polar surface area (TPSA) is 32.7 Å². The highest BCUT2D eigenvalue weighted by atomic mass is 19.4. The van der Waals surface area contributed by atoms with E-state index in [1.54, 1.807) is 13.2 Å². The summed E-state index contributed by atoms with van der Waals surface area (Å²) >= 11 is 0. The minimum atomic E-state index is -4.33. The molecule has 1 aromatic carbocycles. The molecule has 0 aliphatic heterocycles. The lowest BCUT2D eigenvalue weighted by Gasteiger charge is -2.21. The van der Waals surface area contributed by atoms with Gasteiger partial charge in [-0.25, -0.2) is 0 Å². The number of halogens is 3. The Balaban J connectivity index is 2.73. The first-order valence-corrected chi connectivity index (χ1v) is 5.95. The summed E-state index contributed by atoms with van der Waals surface area (Å²) in [5, 5.41) is 8.94. The van der Waals surface area contributed by atoms with Gasteiger partial charge in [0.25, 0.3) is 0 Å². The maximum Gasteiger partial charge on any atom is 0.416 e. The predicted octanol–water partition coefficient (Wildman–Crippen LogP) is 2.15. The van der Waals surface area contributed by atoms with E-state index < -0.39 is 11.7 Å². The average molecular weight is 277 g/mol. The predicted molar refractivity (Wildman–Crippen MR) is 65.7 cm³/mol. The molecule has 0 atom stereocenters. The van der Waals surface area contributed by atoms with Crippen LogP contribution in [0, 0.1) is 0 Å². The third-order valence-electron chi connectivity index (χ3n) is 2.69. The lowest BCUT2D eigenvalue weighted by molar-refractivity contribution is -0.137. The average Bonchev–Trinajstić information content (AvgIpc) is 2.35. The second kappa shape index (κ2) is 7.47. The fraction of sp³-hybridized carbons (Fsp3) is 0.538. The van der Waals surface area contributed by atoms with E-state index in [1.807, 2.05) is 4.90 Å². The van der Waals surface area contributed by atoms with Gasteiger partial charge in [0.15, 0.2) is 0 Å². The Morgan fingerprint density at radius 2 is 2.00 bits per heavy atom. The van der Waals surface area contributed by atoms with E-state index >= 15 is 0 Å². The van der Waals surface area contributed by atoms with Crippen molar-refractivity contribution in [3.05, 3.63) is 35.4 Å². The van der Waals surface area contributed by atoms with Crippen LogP contribution in [0.3, 0.4) is 0 Å². The number of nitrogens with zero attached hydrogens (tertiary/aromatic N) is 1. The minimum absolute atomic E-state index is 0.0390. The third-order valence-corrected chi connectivity index (χ3v) is 2.69. The van der Waals surface area contributed by atoms with Crippen molar-refractivity contribution in [3.8, 4) is 0 Å². The van der Waals surface area contributed by atoms with Gasteiger partial charge in [0, 0.05) is 26.7 Å². The summed E-state index contributed by atoms with van der Waals surface area (Å²) < 4.78 is 42.7. The molecular weight excluding hydrogens is 259 g/mol. The normalized spacial score (nSPS) is 12.1. The van der Waals surface area contributed by atoms with Crippen LogP contribution in [0.5, 0.6) is 0 Å². The maximum absolute atomic E-state index is 12.6. The van der Waals surface area contributed by atoms with Gasteiger partial charge in [-0.1, -0.05) is 18.2 Å². The van der Waals surface area contributed by atoms with E-state index in [0.29, 0.717) is 31.8 Å². The van der Waals surface area contributed by atoms with Gasteiger partial charge in [-0.3, -0.25) is 4.90 Å². The van der Waals surface area contributed by atoms with E-state index in [1.165, 1.54) is 6.07 Å². The molecule has 0 amide bonds. The highest BCUT2D eigenvalue weighted by Gasteiger charge is 2.30. The summed E-state index contributed by atoms with van der Waals surface area (Å²) in [6.45, 7) is 1.75. The van der Waals surface area contributed by atoms with Crippen molar-refractivity contribution >= 4 is 0 Å². The highest BCUT2D eigenvalue weighted by molar-refractivity contribution is 5.25. The van der Waals surface area contributed by atoms with Crippen LogP contribution in [0.25, 0.3) is 0 Å². The highest BCUT2D eigenvalue weighted by Crippen LogP contribution is 2.29. The number of hydrogen-bond donors (Lipinski definition) is 1. The zero-order valence-corrected chi connectivity index (χ0v) is 10.8. The molecule has 6 heteroatoms. The van der Waals surface area contributed by atoms with Crippen molar-refractivity contribution in [3.63, 3.8) is 0 Å². The van der Waals surface area contributed by atoms with Gasteiger partial charge in [-0.2, -0.15) is 13.2 Å². The molecule has 0 aromatic heterocycles. The van der Waals surface area contributed by atoms with Crippen LogP contribution in [0.4, 0.5) is 13.2 Å². The van der Waals surface area contributed by atoms with Crippen LogP contribution in [-0.4, -0.2) is 43.4 Å². The second-order valence-electron chi connectivity index (χ2n) is 4.19. The van der Waals surface area contributed by atoms with Gasteiger partial charge in [0.05, 0.1) is 18.8 Å². The molecule has 0 aliphatic carbocycles. The lowest BCUT2D eigenvalue weighted by Crippen LogP contribution is -2.29. The van der Waals surface area contributed by atoms with Crippen molar-refractivity contribution in [2.24, 2.45) is 0 Å². The Morgan fingerprint density at radius 3 is 2.58 bits per heavy atom. The number of hydrogen-bond acceptors (Lipinski definition) is 3. The summed E-state index contributed by atoms with van der Waals surface area (Å²) in [5.74, 6) is 0. The Labute approximate surface area is 110 Å². The molecule has 0 radical (unpaired) electrons. The Bertz CT molecular complexity index is 382. The van der Waals surface area contributed by atoms with E-state index in [4.69, 9.17) is 9.84 Å². The van der Waals surface area contributed by atoms with E-state index in [0.717, 1.165) is 12.1 Å². The summed E-state index contributed by atoms with van der Waals surface area (Å²) in [7, 11) is 1.56. The molecule has 0 saturated carbocycles. The molecule has 108 valence electrons. The largest absolute Gasteiger partial charge is 0.416 e. The number of rotatable bonds is 7. The standard InChI is InChI=1S/C13H18F3NO2/c1-19-8-6-17(5-7-18)10-11-3-2-4-12(9-11)13(14,15)16/h2-4,9,18H,5-8,10H2,1H3. The van der Waals surface area contributed by atoms with Crippen LogP contribution in [0.1, 0.15) is 11.1 Å². The second-order valence-corrected chi connectivity index (χ2v) is 4.19. The number of ether oxygens (including phenoxy) is 1. The van der Waals surface area contributed by atoms with Gasteiger partial charge in [-0.05, 0) is 11.6 Å². The van der Waals surface area contributed by atoms with Crippen molar-refractivity contribution in [1.82, 2.24) is 4.90 Å². The van der Waals surface area contributed by atoms with Crippen molar-refractivity contribution in [2.75, 3.05) is 33.4 Å². The zero-order valence-electron chi connectivity index (χ0n) is 10.8. The monoisotopic (exact) mass is 277 g/mol. The number of aliphatic hydroxyl groups excluding tert-OH is 1. The summed E-state index contributed by atoms with van der Waals surface area (Å²) in [6.07, 6.45) is -4.33. The molecule has 0 saturated heterocycles. The lowest BCUT2D eigenvalue weighted by atomic mass is 10.1. The number of benzene rings is 1. The van der Waals surface area contributed by atoms with Crippen LogP contribution in [-0.2, 0) is 17.5 Å². The van der Waals surface area contributed by atoms with Crippen molar-refractivity contribution < 1.29 is 23.0 Å². The number of aliphatic hydroxyl groups is 1. The third kappa shape index (κ3) is 5.59. The molecule has 1 aromatic rings. The molecule has 0 fully saturated rings. The van der Waals surface area contributed by atoms with Gasteiger partial charge in [0.2, 0.25) is 0 Å². The first-order chi connectivity index (χ1) is 8.97. The van der Waals surface area contributed by atoms with Crippen LogP contribution < -0.4 is 0 Å². The Kier molecular flexibility index (Phi) is 6.27. The number of methoxy groups -OCH3 is 1. The molecule has 0 unspecified atom stereocenters. The molecule has 19 heavy (non-hydrogen) atoms. The van der Waals surface area contributed by atoms with Crippen LogP contribution >= 0.6 is 0 Å². The minimum Gasteiger partial charge on any atom is -0.395 e. The fourth-order valence-electron chi connectivity index (χ4n) is 1.74. The molecular formula is C13H18F3NO2. The summed E-state index contributed by atoms with van der Waals surface area (Å²) in [5.41, 5.74) is -0.0833. The molecule has 0 spiro atoms. The molecule has 0 aliphatic rings. The van der Waals surface area contributed by atoms with Crippen LogP contribution in [0.15, 0.2) is 24.3 Å². The molecule has 1 rings (SSSR count). The fourth-order valence-corrected chi connectivity index (χ4v) is 1.74. The van der Waals surface area contributed by atoms with Crippen LogP contribution in [0.2, 0.25) is 0 Å². The molecule has 0 bridgehead atoms.